The van der Waals surface area contributed by atoms with Gasteiger partial charge in [-0.2, -0.15) is 4.31 Å². The van der Waals surface area contributed by atoms with Crippen LogP contribution in [0.3, 0.4) is 0 Å². The van der Waals surface area contributed by atoms with Gasteiger partial charge in [-0.3, -0.25) is 4.79 Å². The highest BCUT2D eigenvalue weighted by Crippen LogP contribution is 2.25. The topological polar surface area (TPSA) is 54.5 Å². The van der Waals surface area contributed by atoms with E-state index in [0.29, 0.717) is 37.2 Å². The van der Waals surface area contributed by atoms with Gasteiger partial charge in [0.15, 0.2) is 0 Å². The maximum Gasteiger partial charge on any atom is 0.243 e. The molecule has 0 aromatic heterocycles. The molecule has 5 heteroatoms. The predicted octanol–water partition coefficient (Wildman–Crippen LogP) is 2.73. The molecule has 2 rings (SSSR count). The second-order valence-electron chi connectivity index (χ2n) is 6.57. The van der Waals surface area contributed by atoms with Gasteiger partial charge in [-0.05, 0) is 29.5 Å². The molecule has 0 bridgehead atoms. The molecule has 1 aromatic rings. The van der Waals surface area contributed by atoms with Gasteiger partial charge in [0.25, 0.3) is 0 Å². The smallest absolute Gasteiger partial charge is 0.243 e. The molecule has 116 valence electrons. The van der Waals surface area contributed by atoms with E-state index in [1.807, 2.05) is 12.1 Å². The van der Waals surface area contributed by atoms with Crippen LogP contribution in [-0.4, -0.2) is 31.6 Å². The molecule has 1 aliphatic rings. The Morgan fingerprint density at radius 2 is 1.62 bits per heavy atom. The van der Waals surface area contributed by atoms with Gasteiger partial charge in [-0.15, -0.1) is 0 Å². The highest BCUT2D eigenvalue weighted by atomic mass is 32.2. The number of rotatable bonds is 2. The molecule has 21 heavy (non-hydrogen) atoms. The average molecular weight is 309 g/mol. The fraction of sp³-hybridized carbons (Fsp3) is 0.562. The molecule has 0 saturated carbocycles. The van der Waals surface area contributed by atoms with E-state index in [0.717, 1.165) is 5.56 Å². The highest BCUT2D eigenvalue weighted by Gasteiger charge is 2.27. The number of hydrogen-bond acceptors (Lipinski definition) is 3. The summed E-state index contributed by atoms with van der Waals surface area (Å²) in [5, 5.41) is 0. The Kier molecular flexibility index (Phi) is 4.54. The molecule has 0 atom stereocenters. The van der Waals surface area contributed by atoms with E-state index in [1.165, 1.54) is 4.31 Å². The molecule has 0 N–H and O–H groups in total. The third kappa shape index (κ3) is 3.71. The summed E-state index contributed by atoms with van der Waals surface area (Å²) in [5.74, 6) is 0.149. The van der Waals surface area contributed by atoms with E-state index in [2.05, 4.69) is 20.8 Å². The van der Waals surface area contributed by atoms with Gasteiger partial charge in [-0.1, -0.05) is 32.9 Å². The van der Waals surface area contributed by atoms with Crippen molar-refractivity contribution >= 4 is 15.8 Å². The van der Waals surface area contributed by atoms with Gasteiger partial charge in [-0.25, -0.2) is 8.42 Å². The predicted molar refractivity (Wildman–Crippen MR) is 82.8 cm³/mol. The Balaban J connectivity index is 2.25. The Bertz CT molecular complexity index is 612. The molecule has 4 nitrogen and oxygen atoms in total. The Morgan fingerprint density at radius 3 is 2.19 bits per heavy atom. The van der Waals surface area contributed by atoms with Crippen LogP contribution in [0.2, 0.25) is 0 Å². The minimum Gasteiger partial charge on any atom is -0.300 e. The summed E-state index contributed by atoms with van der Waals surface area (Å²) in [7, 11) is -3.49. The van der Waals surface area contributed by atoms with Gasteiger partial charge in [0.2, 0.25) is 10.0 Å². The number of sulfonamides is 1. The maximum absolute atomic E-state index is 12.6. The molecule has 0 radical (unpaired) electrons. The Labute approximate surface area is 127 Å². The van der Waals surface area contributed by atoms with Crippen LogP contribution in [0.4, 0.5) is 0 Å². The highest BCUT2D eigenvalue weighted by molar-refractivity contribution is 7.89. The largest absolute Gasteiger partial charge is 0.300 e. The van der Waals surface area contributed by atoms with Crippen molar-refractivity contribution in [3.8, 4) is 0 Å². The Hall–Kier alpha value is -1.20. The lowest BCUT2D eigenvalue weighted by Crippen LogP contribution is -2.32. The zero-order chi connectivity index (χ0) is 15.7. The van der Waals surface area contributed by atoms with Crippen molar-refractivity contribution in [2.45, 2.75) is 50.3 Å². The van der Waals surface area contributed by atoms with Crippen LogP contribution in [0.5, 0.6) is 0 Å². The molecular formula is C16H23NO3S. The average Bonchev–Trinajstić information content (AvgIpc) is 2.63. The van der Waals surface area contributed by atoms with Crippen molar-refractivity contribution in [3.63, 3.8) is 0 Å². The third-order valence-electron chi connectivity index (χ3n) is 3.86. The standard InChI is InChI=1S/C16H23NO3S/c1-16(2,3)13-6-8-15(9-7-13)21(19,20)17-11-4-5-14(18)10-12-17/h6-9H,4-5,10-12H2,1-3H3. The van der Waals surface area contributed by atoms with Crippen LogP contribution in [0.25, 0.3) is 0 Å². The molecule has 1 aliphatic heterocycles. The molecule has 0 amide bonds. The summed E-state index contributed by atoms with van der Waals surface area (Å²) in [4.78, 5) is 11.7. The maximum atomic E-state index is 12.6. The number of hydrogen-bond donors (Lipinski definition) is 0. The number of ketones is 1. The quantitative estimate of drug-likeness (QED) is 0.844. The van der Waals surface area contributed by atoms with Crippen molar-refractivity contribution < 1.29 is 13.2 Å². The molecular weight excluding hydrogens is 286 g/mol. The zero-order valence-electron chi connectivity index (χ0n) is 12.9. The normalized spacial score (nSPS) is 18.5. The van der Waals surface area contributed by atoms with Crippen LogP contribution in [0.15, 0.2) is 29.2 Å². The van der Waals surface area contributed by atoms with Gasteiger partial charge in [0.05, 0.1) is 4.90 Å². The number of carbonyl (C=O) groups excluding carboxylic acids is 1. The molecule has 0 aliphatic carbocycles. The first kappa shape index (κ1) is 16.2. The second kappa shape index (κ2) is 5.89. The lowest BCUT2D eigenvalue weighted by Gasteiger charge is -2.22. The van der Waals surface area contributed by atoms with Crippen molar-refractivity contribution in [2.75, 3.05) is 13.1 Å². The SMILES string of the molecule is CC(C)(C)c1ccc(S(=O)(=O)N2CCCC(=O)CC2)cc1. The molecule has 1 saturated heterocycles. The van der Waals surface area contributed by atoms with Crippen LogP contribution < -0.4 is 0 Å². The van der Waals surface area contributed by atoms with Gasteiger partial charge in [0, 0.05) is 25.9 Å². The first-order valence-corrected chi connectivity index (χ1v) is 8.78. The van der Waals surface area contributed by atoms with Crippen molar-refractivity contribution in [2.24, 2.45) is 0 Å². The number of carbonyl (C=O) groups is 1. The fourth-order valence-corrected chi connectivity index (χ4v) is 3.93. The molecule has 1 aromatic carbocycles. The van der Waals surface area contributed by atoms with Crippen LogP contribution in [0, 0.1) is 0 Å². The van der Waals surface area contributed by atoms with Crippen molar-refractivity contribution in [3.05, 3.63) is 29.8 Å². The number of nitrogens with zero attached hydrogens (tertiary/aromatic N) is 1. The third-order valence-corrected chi connectivity index (χ3v) is 5.77. The van der Waals surface area contributed by atoms with Crippen LogP contribution >= 0.6 is 0 Å². The lowest BCUT2D eigenvalue weighted by molar-refractivity contribution is -0.118. The van der Waals surface area contributed by atoms with E-state index in [-0.39, 0.29) is 11.2 Å². The van der Waals surface area contributed by atoms with Gasteiger partial charge in [0.1, 0.15) is 5.78 Å². The molecule has 1 fully saturated rings. The fourth-order valence-electron chi connectivity index (χ4n) is 2.46. The van der Waals surface area contributed by atoms with E-state index >= 15 is 0 Å². The number of benzene rings is 1. The van der Waals surface area contributed by atoms with Gasteiger partial charge < -0.3 is 0 Å². The zero-order valence-corrected chi connectivity index (χ0v) is 13.7. The van der Waals surface area contributed by atoms with E-state index in [9.17, 15) is 13.2 Å². The van der Waals surface area contributed by atoms with E-state index in [1.54, 1.807) is 12.1 Å². The van der Waals surface area contributed by atoms with E-state index in [4.69, 9.17) is 0 Å². The summed E-state index contributed by atoms with van der Waals surface area (Å²) in [6.45, 7) is 7.00. The number of Topliss-reactive ketones (excluding diaryl/α,β-unsaturated/α-hetero) is 1. The van der Waals surface area contributed by atoms with Crippen LogP contribution in [-0.2, 0) is 20.2 Å². The minimum atomic E-state index is -3.49. The second-order valence-corrected chi connectivity index (χ2v) is 8.51. The first-order valence-electron chi connectivity index (χ1n) is 7.34. The monoisotopic (exact) mass is 309 g/mol. The van der Waals surface area contributed by atoms with Crippen molar-refractivity contribution in [1.29, 1.82) is 0 Å². The first-order chi connectivity index (χ1) is 9.71. The minimum absolute atomic E-state index is 0.00266. The Morgan fingerprint density at radius 1 is 1.00 bits per heavy atom. The molecule has 1 heterocycles. The van der Waals surface area contributed by atoms with Crippen LogP contribution in [0.1, 0.15) is 45.6 Å². The lowest BCUT2D eigenvalue weighted by atomic mass is 9.87. The molecule has 0 spiro atoms. The molecule has 0 unspecified atom stereocenters. The van der Waals surface area contributed by atoms with Gasteiger partial charge >= 0.3 is 0 Å². The summed E-state index contributed by atoms with van der Waals surface area (Å²) < 4.78 is 26.7. The van der Waals surface area contributed by atoms with Crippen molar-refractivity contribution in [1.82, 2.24) is 4.31 Å². The summed E-state index contributed by atoms with van der Waals surface area (Å²) in [6.07, 6.45) is 1.41. The van der Waals surface area contributed by atoms with E-state index < -0.39 is 10.0 Å². The summed E-state index contributed by atoms with van der Waals surface area (Å²) >= 11 is 0. The summed E-state index contributed by atoms with van der Waals surface area (Å²) in [6, 6.07) is 7.08. The summed E-state index contributed by atoms with van der Waals surface area (Å²) in [5.41, 5.74) is 1.10.